The first-order valence-corrected chi connectivity index (χ1v) is 7.13. The second kappa shape index (κ2) is 5.55. The van der Waals surface area contributed by atoms with E-state index in [1.807, 2.05) is 31.2 Å². The van der Waals surface area contributed by atoms with Crippen molar-refractivity contribution in [1.82, 2.24) is 0 Å². The van der Waals surface area contributed by atoms with Crippen LogP contribution < -0.4 is 0 Å². The summed E-state index contributed by atoms with van der Waals surface area (Å²) >= 11 is 3.30. The van der Waals surface area contributed by atoms with Gasteiger partial charge in [-0.15, -0.1) is 0 Å². The molecule has 1 aliphatic heterocycles. The van der Waals surface area contributed by atoms with Gasteiger partial charge in [-0.25, -0.2) is 0 Å². The molecule has 1 aromatic carbocycles. The molecule has 16 heavy (non-hydrogen) atoms. The van der Waals surface area contributed by atoms with Crippen LogP contribution in [-0.4, -0.2) is 28.2 Å². The van der Waals surface area contributed by atoms with E-state index < -0.39 is 0 Å². The molecular formula is C12H13NOS2. The number of aryl methyl sites for hydroxylation is 1. The number of carbonyl (C=O) groups is 1. The van der Waals surface area contributed by atoms with Crippen molar-refractivity contribution in [2.24, 2.45) is 4.99 Å². The van der Waals surface area contributed by atoms with Crippen LogP contribution in [0.5, 0.6) is 0 Å². The number of carbonyl (C=O) groups excluding carboxylic acids is 1. The van der Waals surface area contributed by atoms with E-state index >= 15 is 0 Å². The van der Waals surface area contributed by atoms with Crippen LogP contribution >= 0.6 is 23.5 Å². The molecule has 0 bridgehead atoms. The van der Waals surface area contributed by atoms with Crippen LogP contribution in [0.3, 0.4) is 0 Å². The van der Waals surface area contributed by atoms with Gasteiger partial charge in [-0.1, -0.05) is 53.4 Å². The highest BCUT2D eigenvalue weighted by Gasteiger charge is 2.11. The van der Waals surface area contributed by atoms with E-state index in [2.05, 4.69) is 4.99 Å². The van der Waals surface area contributed by atoms with Gasteiger partial charge in [-0.3, -0.25) is 9.79 Å². The Labute approximate surface area is 104 Å². The lowest BCUT2D eigenvalue weighted by Crippen LogP contribution is -2.03. The van der Waals surface area contributed by atoms with Gasteiger partial charge in [0.1, 0.15) is 4.38 Å². The van der Waals surface area contributed by atoms with E-state index in [4.69, 9.17) is 0 Å². The molecule has 0 amide bonds. The standard InChI is InChI=1S/C12H13NOS2/c1-9-2-4-10(5-3-9)11(14)8-16-12-13-6-7-15-12/h2-5H,6-8H2,1H3. The summed E-state index contributed by atoms with van der Waals surface area (Å²) in [5.41, 5.74) is 1.97. The molecule has 2 nitrogen and oxygen atoms in total. The maximum absolute atomic E-state index is 11.8. The quantitative estimate of drug-likeness (QED) is 0.773. The van der Waals surface area contributed by atoms with Crippen LogP contribution in [0, 0.1) is 6.92 Å². The third-order valence-electron chi connectivity index (χ3n) is 2.26. The second-order valence-corrected chi connectivity index (χ2v) is 5.88. The average Bonchev–Trinajstić information content (AvgIpc) is 2.80. The summed E-state index contributed by atoms with van der Waals surface area (Å²) in [6, 6.07) is 7.73. The van der Waals surface area contributed by atoms with Crippen LogP contribution in [0.15, 0.2) is 29.3 Å². The molecule has 0 radical (unpaired) electrons. The zero-order chi connectivity index (χ0) is 11.4. The van der Waals surface area contributed by atoms with E-state index in [1.54, 1.807) is 23.5 Å². The number of nitrogens with zero attached hydrogens (tertiary/aromatic N) is 1. The van der Waals surface area contributed by atoms with Gasteiger partial charge in [0, 0.05) is 11.3 Å². The largest absolute Gasteiger partial charge is 0.293 e. The predicted molar refractivity (Wildman–Crippen MR) is 72.7 cm³/mol. The van der Waals surface area contributed by atoms with E-state index in [-0.39, 0.29) is 5.78 Å². The summed E-state index contributed by atoms with van der Waals surface area (Å²) in [6.07, 6.45) is 0. The number of benzene rings is 1. The molecule has 4 heteroatoms. The first kappa shape index (κ1) is 11.7. The average molecular weight is 251 g/mol. The molecule has 0 fully saturated rings. The first-order valence-electron chi connectivity index (χ1n) is 5.15. The van der Waals surface area contributed by atoms with Gasteiger partial charge >= 0.3 is 0 Å². The smallest absolute Gasteiger partial charge is 0.173 e. The molecule has 0 N–H and O–H groups in total. The summed E-state index contributed by atoms with van der Waals surface area (Å²) in [5, 5.41) is 0. The second-order valence-electron chi connectivity index (χ2n) is 3.57. The van der Waals surface area contributed by atoms with Crippen molar-refractivity contribution in [2.75, 3.05) is 18.1 Å². The van der Waals surface area contributed by atoms with Crippen molar-refractivity contribution in [3.8, 4) is 0 Å². The third kappa shape index (κ3) is 3.12. The van der Waals surface area contributed by atoms with Gasteiger partial charge in [0.05, 0.1) is 12.3 Å². The number of hydrogen-bond donors (Lipinski definition) is 0. The molecule has 0 unspecified atom stereocenters. The van der Waals surface area contributed by atoms with Crippen molar-refractivity contribution in [1.29, 1.82) is 0 Å². The highest BCUT2D eigenvalue weighted by Crippen LogP contribution is 2.22. The lowest BCUT2D eigenvalue weighted by atomic mass is 10.1. The molecule has 1 heterocycles. The van der Waals surface area contributed by atoms with Crippen LogP contribution in [0.2, 0.25) is 0 Å². The number of thioether (sulfide) groups is 2. The number of aliphatic imine (C=N–C) groups is 1. The van der Waals surface area contributed by atoms with Gasteiger partial charge in [-0.05, 0) is 6.92 Å². The van der Waals surface area contributed by atoms with Gasteiger partial charge in [0.25, 0.3) is 0 Å². The number of Topliss-reactive ketones (excluding diaryl/α,β-unsaturated/α-hetero) is 1. The Bertz CT molecular complexity index is 412. The lowest BCUT2D eigenvalue weighted by Gasteiger charge is -2.01. The molecule has 0 saturated heterocycles. The van der Waals surface area contributed by atoms with E-state index in [0.29, 0.717) is 5.75 Å². The van der Waals surface area contributed by atoms with E-state index in [1.165, 1.54) is 5.56 Å². The summed E-state index contributed by atoms with van der Waals surface area (Å²) in [5.74, 6) is 1.73. The Morgan fingerprint density at radius 1 is 1.44 bits per heavy atom. The Morgan fingerprint density at radius 3 is 2.81 bits per heavy atom. The summed E-state index contributed by atoms with van der Waals surface area (Å²) in [7, 11) is 0. The molecule has 0 saturated carbocycles. The van der Waals surface area contributed by atoms with E-state index in [0.717, 1.165) is 22.2 Å². The third-order valence-corrected chi connectivity index (χ3v) is 4.51. The van der Waals surface area contributed by atoms with Crippen molar-refractivity contribution in [3.63, 3.8) is 0 Å². The van der Waals surface area contributed by atoms with Crippen LogP contribution in [0.25, 0.3) is 0 Å². The van der Waals surface area contributed by atoms with Crippen molar-refractivity contribution < 1.29 is 4.79 Å². The number of rotatable bonds is 3. The molecule has 0 aliphatic carbocycles. The molecule has 1 aromatic rings. The van der Waals surface area contributed by atoms with Crippen molar-refractivity contribution >= 4 is 33.7 Å². The fourth-order valence-electron chi connectivity index (χ4n) is 1.35. The highest BCUT2D eigenvalue weighted by molar-refractivity contribution is 8.39. The number of ketones is 1. The van der Waals surface area contributed by atoms with E-state index in [9.17, 15) is 4.79 Å². The fraction of sp³-hybridized carbons (Fsp3) is 0.333. The Kier molecular flexibility index (Phi) is 4.07. The van der Waals surface area contributed by atoms with Gasteiger partial charge in [-0.2, -0.15) is 0 Å². The maximum Gasteiger partial charge on any atom is 0.173 e. The monoisotopic (exact) mass is 251 g/mol. The predicted octanol–water partition coefficient (Wildman–Crippen LogP) is 3.01. The topological polar surface area (TPSA) is 29.4 Å². The Balaban J connectivity index is 1.90. The Morgan fingerprint density at radius 2 is 2.19 bits per heavy atom. The maximum atomic E-state index is 11.8. The number of hydrogen-bond acceptors (Lipinski definition) is 4. The van der Waals surface area contributed by atoms with Crippen LogP contribution in [0.1, 0.15) is 15.9 Å². The normalized spacial score (nSPS) is 14.9. The van der Waals surface area contributed by atoms with Crippen LogP contribution in [0.4, 0.5) is 0 Å². The van der Waals surface area contributed by atoms with Gasteiger partial charge in [0.15, 0.2) is 5.78 Å². The lowest BCUT2D eigenvalue weighted by molar-refractivity contribution is 0.102. The minimum absolute atomic E-state index is 0.181. The minimum atomic E-state index is 0.181. The summed E-state index contributed by atoms with van der Waals surface area (Å²) in [4.78, 5) is 16.1. The Hall–Kier alpha value is -0.740. The van der Waals surface area contributed by atoms with Gasteiger partial charge < -0.3 is 0 Å². The zero-order valence-corrected chi connectivity index (χ0v) is 10.7. The molecule has 0 atom stereocenters. The van der Waals surface area contributed by atoms with Gasteiger partial charge in [0.2, 0.25) is 0 Å². The molecule has 84 valence electrons. The summed E-state index contributed by atoms with van der Waals surface area (Å²) in [6.45, 7) is 2.92. The molecule has 0 aromatic heterocycles. The molecular weight excluding hydrogens is 238 g/mol. The van der Waals surface area contributed by atoms with Crippen molar-refractivity contribution in [3.05, 3.63) is 35.4 Å². The minimum Gasteiger partial charge on any atom is -0.293 e. The molecule has 0 spiro atoms. The van der Waals surface area contributed by atoms with Crippen LogP contribution in [-0.2, 0) is 0 Å². The first-order chi connectivity index (χ1) is 7.75. The molecule has 2 rings (SSSR count). The SMILES string of the molecule is Cc1ccc(C(=O)CSC2=NCCS2)cc1. The zero-order valence-electron chi connectivity index (χ0n) is 9.10. The highest BCUT2D eigenvalue weighted by atomic mass is 32.2. The fourth-order valence-corrected chi connectivity index (χ4v) is 3.26. The van der Waals surface area contributed by atoms with Crippen molar-refractivity contribution in [2.45, 2.75) is 6.92 Å². The summed E-state index contributed by atoms with van der Waals surface area (Å²) < 4.78 is 1.06. The molecule has 1 aliphatic rings.